The highest BCUT2D eigenvalue weighted by Crippen LogP contribution is 2.26. The summed E-state index contributed by atoms with van der Waals surface area (Å²) in [5.74, 6) is 1.22. The second kappa shape index (κ2) is 10.7. The number of amides is 1. The highest BCUT2D eigenvalue weighted by molar-refractivity contribution is 5.83. The number of nitrogens with one attached hydrogen (secondary N) is 1. The number of para-hydroxylation sites is 2. The average Bonchev–Trinajstić information content (AvgIpc) is 2.78. The Bertz CT molecular complexity index is 938. The van der Waals surface area contributed by atoms with E-state index in [4.69, 9.17) is 9.47 Å². The zero-order valence-electron chi connectivity index (χ0n) is 16.4. The molecule has 0 saturated carbocycles. The topological polar surface area (TPSA) is 59.9 Å². The van der Waals surface area contributed by atoms with Crippen molar-refractivity contribution in [2.24, 2.45) is 4.99 Å². The highest BCUT2D eigenvalue weighted by atomic mass is 16.5. The Balaban J connectivity index is 1.44. The minimum atomic E-state index is -0.136. The molecule has 0 atom stereocenters. The molecule has 0 spiro atoms. The van der Waals surface area contributed by atoms with E-state index < -0.39 is 0 Å². The van der Waals surface area contributed by atoms with E-state index in [9.17, 15) is 4.79 Å². The van der Waals surface area contributed by atoms with Crippen LogP contribution in [0.1, 0.15) is 11.1 Å². The van der Waals surface area contributed by atoms with Gasteiger partial charge in [0.05, 0.1) is 7.11 Å². The van der Waals surface area contributed by atoms with Crippen LogP contribution in [0.3, 0.4) is 0 Å². The third-order valence-electron chi connectivity index (χ3n) is 4.27. The van der Waals surface area contributed by atoms with E-state index in [1.54, 1.807) is 13.3 Å². The molecule has 0 unspecified atom stereocenters. The van der Waals surface area contributed by atoms with Gasteiger partial charge in [0.1, 0.15) is 17.2 Å². The van der Waals surface area contributed by atoms with Crippen molar-refractivity contribution in [1.82, 2.24) is 5.32 Å². The van der Waals surface area contributed by atoms with Gasteiger partial charge in [-0.2, -0.15) is 0 Å². The minimum Gasteiger partial charge on any atom is -0.494 e. The number of hydrogen-bond donors (Lipinski definition) is 1. The average molecular weight is 388 g/mol. The molecular weight excluding hydrogens is 364 g/mol. The molecule has 5 nitrogen and oxygen atoms in total. The lowest BCUT2D eigenvalue weighted by Gasteiger charge is -2.08. The second-order valence-corrected chi connectivity index (χ2v) is 6.37. The van der Waals surface area contributed by atoms with Gasteiger partial charge in [-0.05, 0) is 53.9 Å². The first-order valence-electron chi connectivity index (χ1n) is 9.45. The lowest BCUT2D eigenvalue weighted by molar-refractivity contribution is -0.123. The summed E-state index contributed by atoms with van der Waals surface area (Å²) in [5, 5.41) is 2.87. The molecule has 3 rings (SSSR count). The number of hydrogen-bond acceptors (Lipinski definition) is 4. The van der Waals surface area contributed by atoms with E-state index in [-0.39, 0.29) is 12.5 Å². The van der Waals surface area contributed by atoms with E-state index in [1.807, 2.05) is 78.9 Å². The van der Waals surface area contributed by atoms with Crippen LogP contribution in [-0.2, 0) is 11.2 Å². The van der Waals surface area contributed by atoms with Crippen LogP contribution < -0.4 is 14.8 Å². The minimum absolute atomic E-state index is 0.0105. The predicted octanol–water partition coefficient (Wildman–Crippen LogP) is 4.18. The van der Waals surface area contributed by atoms with E-state index >= 15 is 0 Å². The molecule has 0 fully saturated rings. The summed E-state index contributed by atoms with van der Waals surface area (Å²) in [4.78, 5) is 16.4. The largest absolute Gasteiger partial charge is 0.494 e. The Hall–Kier alpha value is -3.60. The van der Waals surface area contributed by atoms with Gasteiger partial charge in [0.15, 0.2) is 6.61 Å². The van der Waals surface area contributed by atoms with Crippen LogP contribution in [0.15, 0.2) is 83.9 Å². The Labute approximate surface area is 171 Å². The maximum atomic E-state index is 11.9. The van der Waals surface area contributed by atoms with Gasteiger partial charge in [-0.15, -0.1) is 0 Å². The van der Waals surface area contributed by atoms with Gasteiger partial charge in [-0.3, -0.25) is 9.79 Å². The van der Waals surface area contributed by atoms with E-state index in [1.165, 1.54) is 5.56 Å². The standard InChI is InChI=1S/C24H24N2O3/c1-28-23-10-6-5-9-22(23)26-17-20-11-13-21(14-12-20)29-18-24(27)25-16-15-19-7-3-2-4-8-19/h2-14,17H,15-16,18H2,1H3,(H,25,27). The van der Waals surface area contributed by atoms with E-state index in [0.717, 1.165) is 23.4 Å². The molecule has 3 aromatic rings. The first-order chi connectivity index (χ1) is 14.2. The summed E-state index contributed by atoms with van der Waals surface area (Å²) < 4.78 is 10.8. The van der Waals surface area contributed by atoms with E-state index in [0.29, 0.717) is 12.3 Å². The van der Waals surface area contributed by atoms with Gasteiger partial charge in [0.2, 0.25) is 0 Å². The van der Waals surface area contributed by atoms with Crippen LogP contribution in [-0.4, -0.2) is 32.4 Å². The number of carbonyl (C=O) groups excluding carboxylic acids is 1. The zero-order chi connectivity index (χ0) is 20.3. The van der Waals surface area contributed by atoms with Gasteiger partial charge in [-0.25, -0.2) is 0 Å². The molecule has 0 saturated heterocycles. The summed E-state index contributed by atoms with van der Waals surface area (Å²) in [6, 6.07) is 25.0. The summed E-state index contributed by atoms with van der Waals surface area (Å²) in [6.07, 6.45) is 2.56. The molecule has 0 aliphatic heterocycles. The number of nitrogens with zero attached hydrogens (tertiary/aromatic N) is 1. The fourth-order valence-corrected chi connectivity index (χ4v) is 2.72. The third kappa shape index (κ3) is 6.50. The lowest BCUT2D eigenvalue weighted by atomic mass is 10.1. The first-order valence-corrected chi connectivity index (χ1v) is 9.45. The summed E-state index contributed by atoms with van der Waals surface area (Å²) in [6.45, 7) is 0.577. The van der Waals surface area contributed by atoms with Crippen LogP contribution in [0.2, 0.25) is 0 Å². The van der Waals surface area contributed by atoms with Crippen LogP contribution in [0.5, 0.6) is 11.5 Å². The molecule has 1 N–H and O–H groups in total. The van der Waals surface area contributed by atoms with Crippen molar-refractivity contribution in [3.05, 3.63) is 90.0 Å². The van der Waals surface area contributed by atoms with Crippen molar-refractivity contribution >= 4 is 17.8 Å². The molecule has 0 bridgehead atoms. The molecule has 0 aliphatic carbocycles. The third-order valence-corrected chi connectivity index (χ3v) is 4.27. The summed E-state index contributed by atoms with van der Waals surface area (Å²) >= 11 is 0. The van der Waals surface area contributed by atoms with Crippen molar-refractivity contribution in [2.45, 2.75) is 6.42 Å². The zero-order valence-corrected chi connectivity index (χ0v) is 16.4. The smallest absolute Gasteiger partial charge is 0.257 e. The number of methoxy groups -OCH3 is 1. The van der Waals surface area contributed by atoms with Crippen molar-refractivity contribution < 1.29 is 14.3 Å². The number of rotatable bonds is 9. The van der Waals surface area contributed by atoms with Gasteiger partial charge in [0, 0.05) is 12.8 Å². The van der Waals surface area contributed by atoms with Crippen LogP contribution in [0, 0.1) is 0 Å². The van der Waals surface area contributed by atoms with Crippen molar-refractivity contribution in [3.8, 4) is 11.5 Å². The van der Waals surface area contributed by atoms with Gasteiger partial charge >= 0.3 is 0 Å². The molecule has 1 amide bonds. The Morgan fingerprint density at radius 2 is 1.69 bits per heavy atom. The van der Waals surface area contributed by atoms with Crippen LogP contribution >= 0.6 is 0 Å². The molecule has 0 aromatic heterocycles. The Morgan fingerprint density at radius 1 is 0.966 bits per heavy atom. The fraction of sp³-hybridized carbons (Fsp3) is 0.167. The van der Waals surface area contributed by atoms with Crippen molar-refractivity contribution in [3.63, 3.8) is 0 Å². The predicted molar refractivity (Wildman–Crippen MR) is 115 cm³/mol. The lowest BCUT2D eigenvalue weighted by Crippen LogP contribution is -2.30. The summed E-state index contributed by atoms with van der Waals surface area (Å²) in [5.41, 5.74) is 2.89. The SMILES string of the molecule is COc1ccccc1N=Cc1ccc(OCC(=O)NCCc2ccccc2)cc1. The Kier molecular flexibility index (Phi) is 7.41. The number of carbonyl (C=O) groups is 1. The number of ether oxygens (including phenoxy) is 2. The molecule has 0 aliphatic rings. The normalized spacial score (nSPS) is 10.7. The van der Waals surface area contributed by atoms with Gasteiger partial charge in [-0.1, -0.05) is 42.5 Å². The maximum absolute atomic E-state index is 11.9. The van der Waals surface area contributed by atoms with Crippen molar-refractivity contribution in [1.29, 1.82) is 0 Å². The fourth-order valence-electron chi connectivity index (χ4n) is 2.72. The van der Waals surface area contributed by atoms with Gasteiger partial charge < -0.3 is 14.8 Å². The molecule has 0 heterocycles. The molecule has 5 heteroatoms. The monoisotopic (exact) mass is 388 g/mol. The number of benzene rings is 3. The first kappa shape index (κ1) is 20.1. The molecular formula is C24H24N2O3. The molecule has 148 valence electrons. The number of aliphatic imine (C=N–C) groups is 1. The summed E-state index contributed by atoms with van der Waals surface area (Å²) in [7, 11) is 1.62. The molecule has 3 aromatic carbocycles. The molecule has 29 heavy (non-hydrogen) atoms. The van der Waals surface area contributed by atoms with Crippen molar-refractivity contribution in [2.75, 3.05) is 20.3 Å². The molecule has 0 radical (unpaired) electrons. The second-order valence-electron chi connectivity index (χ2n) is 6.37. The highest BCUT2D eigenvalue weighted by Gasteiger charge is 2.03. The van der Waals surface area contributed by atoms with Gasteiger partial charge in [0.25, 0.3) is 5.91 Å². The Morgan fingerprint density at radius 3 is 2.45 bits per heavy atom. The maximum Gasteiger partial charge on any atom is 0.257 e. The van der Waals surface area contributed by atoms with Crippen LogP contribution in [0.25, 0.3) is 0 Å². The van der Waals surface area contributed by atoms with E-state index in [2.05, 4.69) is 10.3 Å². The quantitative estimate of drug-likeness (QED) is 0.559. The van der Waals surface area contributed by atoms with Crippen LogP contribution in [0.4, 0.5) is 5.69 Å².